The van der Waals surface area contributed by atoms with Crippen LogP contribution in [0.15, 0.2) is 24.3 Å². The van der Waals surface area contributed by atoms with Crippen LogP contribution in [0.1, 0.15) is 50.7 Å². The second kappa shape index (κ2) is 8.61. The molecule has 0 saturated carbocycles. The van der Waals surface area contributed by atoms with E-state index in [-0.39, 0.29) is 23.0 Å². The van der Waals surface area contributed by atoms with Crippen LogP contribution < -0.4 is 10.6 Å². The highest BCUT2D eigenvalue weighted by molar-refractivity contribution is 7.71. The number of fused-ring (bicyclic) bond motifs is 3. The maximum atomic E-state index is 12.7. The van der Waals surface area contributed by atoms with Crippen molar-refractivity contribution in [3.63, 3.8) is 0 Å². The van der Waals surface area contributed by atoms with Crippen LogP contribution in [0.5, 0.6) is 0 Å². The van der Waals surface area contributed by atoms with E-state index in [1.54, 1.807) is 0 Å². The number of anilines is 1. The molecule has 0 aliphatic carbocycles. The number of nitrogens with zero attached hydrogens (tertiary/aromatic N) is 2. The number of hydrogen-bond acceptors (Lipinski definition) is 5. The largest absolute Gasteiger partial charge is 0.358 e. The van der Waals surface area contributed by atoms with Crippen molar-refractivity contribution in [3.05, 3.63) is 29.0 Å². The van der Waals surface area contributed by atoms with Crippen molar-refractivity contribution in [2.75, 3.05) is 11.9 Å². The molecule has 0 saturated heterocycles. The molecule has 0 unspecified atom stereocenters. The second-order valence-corrected chi connectivity index (χ2v) is 7.42. The highest BCUT2D eigenvalue weighted by atomic mass is 32.1. The Balaban J connectivity index is 1.68. The Hall–Kier alpha value is -2.28. The minimum absolute atomic E-state index is 0.0911. The van der Waals surface area contributed by atoms with Crippen LogP contribution in [0.25, 0.3) is 10.9 Å². The van der Waals surface area contributed by atoms with Gasteiger partial charge in [-0.3, -0.25) is 9.59 Å². The van der Waals surface area contributed by atoms with Crippen molar-refractivity contribution < 1.29 is 9.59 Å². The first kappa shape index (κ1) is 19.5. The molecule has 0 fully saturated rings. The van der Waals surface area contributed by atoms with Crippen LogP contribution in [0.4, 0.5) is 5.82 Å². The molecule has 7 heteroatoms. The Kier molecular flexibility index (Phi) is 6.21. The molecule has 0 radical (unpaired) electrons. The van der Waals surface area contributed by atoms with Crippen molar-refractivity contribution in [2.45, 2.75) is 52.0 Å². The van der Waals surface area contributed by atoms with Crippen molar-refractivity contribution in [1.29, 1.82) is 0 Å². The number of nitrogens with one attached hydrogen (secondary N) is 2. The number of para-hydroxylation sites is 1. The summed E-state index contributed by atoms with van der Waals surface area (Å²) in [6, 6.07) is 6.91. The summed E-state index contributed by atoms with van der Waals surface area (Å²) in [5.41, 5.74) is 0.737. The molecule has 6 nitrogen and oxygen atoms in total. The maximum absolute atomic E-state index is 12.7. The van der Waals surface area contributed by atoms with Crippen LogP contribution >= 0.6 is 12.2 Å². The average Bonchev–Trinajstić information content (AvgIpc) is 2.99. The number of benzene rings is 1. The summed E-state index contributed by atoms with van der Waals surface area (Å²) in [4.78, 5) is 29.5. The molecular formula is C20H26N4O2S. The molecule has 0 bridgehead atoms. The van der Waals surface area contributed by atoms with Gasteiger partial charge in [-0.25, -0.2) is 9.55 Å². The number of hydrogen-bond donors (Lipinski definition) is 2. The first-order chi connectivity index (χ1) is 13.0. The Morgan fingerprint density at radius 3 is 2.89 bits per heavy atom. The van der Waals surface area contributed by atoms with Crippen molar-refractivity contribution in [1.82, 2.24) is 14.9 Å². The zero-order valence-electron chi connectivity index (χ0n) is 15.8. The molecule has 1 aromatic carbocycles. The molecule has 144 valence electrons. The molecular weight excluding hydrogens is 360 g/mol. The van der Waals surface area contributed by atoms with E-state index in [1.807, 2.05) is 24.3 Å². The van der Waals surface area contributed by atoms with E-state index >= 15 is 0 Å². The molecule has 1 aliphatic heterocycles. The fourth-order valence-electron chi connectivity index (χ4n) is 3.47. The van der Waals surface area contributed by atoms with Gasteiger partial charge in [0.05, 0.1) is 11.9 Å². The van der Waals surface area contributed by atoms with Gasteiger partial charge in [0.2, 0.25) is 10.7 Å². The van der Waals surface area contributed by atoms with Gasteiger partial charge in [-0.1, -0.05) is 45.2 Å². The zero-order valence-corrected chi connectivity index (χ0v) is 16.6. The third-order valence-corrected chi connectivity index (χ3v) is 5.41. The van der Waals surface area contributed by atoms with Gasteiger partial charge in [0.15, 0.2) is 0 Å². The topological polar surface area (TPSA) is 76.0 Å². The number of rotatable bonds is 8. The SMILES string of the molecule is CCCC[C@H](CC)CNC(=O)C[C@H]1Nc2c3ccccc3nc(=S)n2C1=O. The summed E-state index contributed by atoms with van der Waals surface area (Å²) in [5.74, 6) is 0.775. The number of carbonyl (C=O) groups excluding carboxylic acids is 2. The summed E-state index contributed by atoms with van der Waals surface area (Å²) in [6.45, 7) is 4.97. The average molecular weight is 387 g/mol. The van der Waals surface area contributed by atoms with Gasteiger partial charge in [0.25, 0.3) is 5.91 Å². The number of unbranched alkanes of at least 4 members (excludes halogenated alkanes) is 1. The van der Waals surface area contributed by atoms with Crippen molar-refractivity contribution in [3.8, 4) is 0 Å². The number of amides is 1. The molecule has 1 amide bonds. The lowest BCUT2D eigenvalue weighted by Gasteiger charge is -2.16. The fraction of sp³-hybridized carbons (Fsp3) is 0.500. The van der Waals surface area contributed by atoms with Crippen LogP contribution in [0, 0.1) is 10.7 Å². The molecule has 3 rings (SSSR count). The molecule has 0 spiro atoms. The molecule has 1 aliphatic rings. The van der Waals surface area contributed by atoms with Crippen LogP contribution in [-0.2, 0) is 4.79 Å². The first-order valence-corrected chi connectivity index (χ1v) is 10.0. The lowest BCUT2D eigenvalue weighted by molar-refractivity contribution is -0.121. The summed E-state index contributed by atoms with van der Waals surface area (Å²) in [6.07, 6.45) is 4.58. The van der Waals surface area contributed by atoms with Crippen molar-refractivity contribution >= 4 is 40.8 Å². The molecule has 2 N–H and O–H groups in total. The molecule has 2 heterocycles. The quantitative estimate of drug-likeness (QED) is 0.673. The minimum Gasteiger partial charge on any atom is -0.358 e. The highest BCUT2D eigenvalue weighted by Crippen LogP contribution is 2.28. The fourth-order valence-corrected chi connectivity index (χ4v) is 3.75. The Morgan fingerprint density at radius 1 is 1.37 bits per heavy atom. The summed E-state index contributed by atoms with van der Waals surface area (Å²) in [7, 11) is 0. The molecule has 2 atom stereocenters. The summed E-state index contributed by atoms with van der Waals surface area (Å²) in [5, 5.41) is 6.99. The Bertz CT molecular complexity index is 908. The van der Waals surface area contributed by atoms with Gasteiger partial charge >= 0.3 is 0 Å². The van der Waals surface area contributed by atoms with Crippen molar-refractivity contribution in [2.24, 2.45) is 5.92 Å². The first-order valence-electron chi connectivity index (χ1n) is 9.64. The van der Waals surface area contributed by atoms with E-state index in [9.17, 15) is 9.59 Å². The standard InChI is InChI=1S/C20H26N4O2S/c1-3-5-8-13(4-2)12-21-17(25)11-16-19(26)24-18(22-16)14-9-6-7-10-15(14)23-20(24)27/h6-7,9-10,13,16,22H,3-5,8,11-12H2,1-2H3,(H,21,25)/t13-,16+/m0/s1. The van der Waals surface area contributed by atoms with Crippen LogP contribution in [-0.4, -0.2) is 34.0 Å². The lowest BCUT2D eigenvalue weighted by atomic mass is 9.99. The summed E-state index contributed by atoms with van der Waals surface area (Å²) >= 11 is 5.28. The van der Waals surface area contributed by atoms with E-state index in [4.69, 9.17) is 12.2 Å². The second-order valence-electron chi connectivity index (χ2n) is 7.06. The monoisotopic (exact) mass is 386 g/mol. The lowest BCUT2D eigenvalue weighted by Crippen LogP contribution is -2.35. The van der Waals surface area contributed by atoms with Gasteiger partial charge in [-0.2, -0.15) is 0 Å². The van der Waals surface area contributed by atoms with E-state index in [0.717, 1.165) is 30.2 Å². The normalized spacial score (nSPS) is 16.8. The third kappa shape index (κ3) is 4.18. The predicted octanol–water partition coefficient (Wildman–Crippen LogP) is 3.92. The van der Waals surface area contributed by atoms with E-state index < -0.39 is 6.04 Å². The smallest absolute Gasteiger partial charge is 0.257 e. The molecule has 27 heavy (non-hydrogen) atoms. The molecule has 2 aromatic rings. The minimum atomic E-state index is -0.616. The van der Waals surface area contributed by atoms with Gasteiger partial charge in [0.1, 0.15) is 11.9 Å². The maximum Gasteiger partial charge on any atom is 0.257 e. The highest BCUT2D eigenvalue weighted by Gasteiger charge is 2.33. The van der Waals surface area contributed by atoms with E-state index in [1.165, 1.54) is 11.0 Å². The van der Waals surface area contributed by atoms with E-state index in [0.29, 0.717) is 18.3 Å². The number of aromatic nitrogens is 2. The third-order valence-electron chi connectivity index (χ3n) is 5.14. The van der Waals surface area contributed by atoms with Gasteiger partial charge in [-0.15, -0.1) is 0 Å². The summed E-state index contributed by atoms with van der Waals surface area (Å²) < 4.78 is 1.63. The van der Waals surface area contributed by atoms with Gasteiger partial charge in [-0.05, 0) is 36.7 Å². The Labute approximate surface area is 164 Å². The zero-order chi connectivity index (χ0) is 19.4. The van der Waals surface area contributed by atoms with E-state index in [2.05, 4.69) is 29.5 Å². The predicted molar refractivity (Wildman–Crippen MR) is 110 cm³/mol. The van der Waals surface area contributed by atoms with Gasteiger partial charge < -0.3 is 10.6 Å². The van der Waals surface area contributed by atoms with Crippen LogP contribution in [0.2, 0.25) is 0 Å². The van der Waals surface area contributed by atoms with Gasteiger partial charge in [0, 0.05) is 11.9 Å². The number of carbonyl (C=O) groups is 2. The Morgan fingerprint density at radius 2 is 2.15 bits per heavy atom. The molecule has 1 aromatic heterocycles. The van der Waals surface area contributed by atoms with Crippen LogP contribution in [0.3, 0.4) is 0 Å².